The second-order valence-electron chi connectivity index (χ2n) is 5.76. The Hall–Kier alpha value is -2.37. The van der Waals surface area contributed by atoms with Crippen LogP contribution < -0.4 is 16.0 Å². The number of primary amides is 1. The third-order valence-electron chi connectivity index (χ3n) is 4.26. The molecule has 6 nitrogen and oxygen atoms in total. The minimum absolute atomic E-state index is 0.222. The Morgan fingerprint density at radius 1 is 1.41 bits per heavy atom. The van der Waals surface area contributed by atoms with Gasteiger partial charge in [-0.2, -0.15) is 0 Å². The first-order valence-corrected chi connectivity index (χ1v) is 7.67. The van der Waals surface area contributed by atoms with Crippen LogP contribution in [-0.4, -0.2) is 35.1 Å². The van der Waals surface area contributed by atoms with Crippen LogP contribution in [0.25, 0.3) is 10.9 Å². The monoisotopic (exact) mass is 299 g/mol. The zero-order valence-electron chi connectivity index (χ0n) is 12.7. The Balaban J connectivity index is 1.97. The highest BCUT2D eigenvalue weighted by Gasteiger charge is 2.25. The van der Waals surface area contributed by atoms with Gasteiger partial charge in [-0.05, 0) is 37.8 Å². The van der Waals surface area contributed by atoms with E-state index in [1.165, 1.54) is 0 Å². The summed E-state index contributed by atoms with van der Waals surface area (Å²) in [6.07, 6.45) is 4.93. The summed E-state index contributed by atoms with van der Waals surface area (Å²) in [5, 5.41) is 3.79. The van der Waals surface area contributed by atoms with Gasteiger partial charge in [-0.1, -0.05) is 12.1 Å². The van der Waals surface area contributed by atoms with Crippen molar-refractivity contribution in [2.24, 2.45) is 5.73 Å². The molecule has 0 radical (unpaired) electrons. The van der Waals surface area contributed by atoms with Crippen LogP contribution >= 0.6 is 0 Å². The molecule has 1 aromatic carbocycles. The lowest BCUT2D eigenvalue weighted by atomic mass is 10.0. The van der Waals surface area contributed by atoms with Crippen molar-refractivity contribution in [3.05, 3.63) is 30.1 Å². The molecule has 3 N–H and O–H groups in total. The van der Waals surface area contributed by atoms with Gasteiger partial charge in [0.1, 0.15) is 12.1 Å². The van der Waals surface area contributed by atoms with E-state index in [9.17, 15) is 4.79 Å². The van der Waals surface area contributed by atoms with E-state index in [4.69, 9.17) is 5.73 Å². The molecule has 0 unspecified atom stereocenters. The molecule has 1 atom stereocenters. The van der Waals surface area contributed by atoms with Gasteiger partial charge in [0.2, 0.25) is 0 Å². The SMILES string of the molecule is Cc1cccc2c(N3CCCC[C@@H]3CNC(N)=O)ncnc12. The maximum absolute atomic E-state index is 11.0. The highest BCUT2D eigenvalue weighted by atomic mass is 16.2. The maximum atomic E-state index is 11.0. The second kappa shape index (κ2) is 6.17. The molecular formula is C16H21N5O. The van der Waals surface area contributed by atoms with Gasteiger partial charge in [-0.15, -0.1) is 0 Å². The number of urea groups is 1. The predicted molar refractivity (Wildman–Crippen MR) is 86.8 cm³/mol. The van der Waals surface area contributed by atoms with Crippen LogP contribution in [0.15, 0.2) is 24.5 Å². The fraction of sp³-hybridized carbons (Fsp3) is 0.438. The van der Waals surface area contributed by atoms with Gasteiger partial charge in [0.15, 0.2) is 0 Å². The average molecular weight is 299 g/mol. The zero-order valence-corrected chi connectivity index (χ0v) is 12.7. The quantitative estimate of drug-likeness (QED) is 0.907. The van der Waals surface area contributed by atoms with E-state index in [0.717, 1.165) is 48.1 Å². The number of fused-ring (bicyclic) bond motifs is 1. The first kappa shape index (κ1) is 14.6. The van der Waals surface area contributed by atoms with Crippen molar-refractivity contribution in [3.8, 4) is 0 Å². The molecule has 116 valence electrons. The lowest BCUT2D eigenvalue weighted by molar-refractivity contribution is 0.247. The number of hydrogen-bond acceptors (Lipinski definition) is 4. The van der Waals surface area contributed by atoms with E-state index in [1.54, 1.807) is 6.33 Å². The van der Waals surface area contributed by atoms with Crippen LogP contribution in [0.3, 0.4) is 0 Å². The van der Waals surface area contributed by atoms with Crippen molar-refractivity contribution in [2.45, 2.75) is 32.2 Å². The highest BCUT2D eigenvalue weighted by Crippen LogP contribution is 2.29. The molecule has 2 heterocycles. The Kier molecular flexibility index (Phi) is 4.09. The van der Waals surface area contributed by atoms with Gasteiger partial charge < -0.3 is 16.0 Å². The highest BCUT2D eigenvalue weighted by molar-refractivity contribution is 5.91. The van der Waals surface area contributed by atoms with Gasteiger partial charge in [-0.25, -0.2) is 14.8 Å². The fourth-order valence-corrected chi connectivity index (χ4v) is 3.16. The molecular weight excluding hydrogens is 278 g/mol. The van der Waals surface area contributed by atoms with Crippen molar-refractivity contribution >= 4 is 22.8 Å². The minimum atomic E-state index is -0.478. The normalized spacial score (nSPS) is 18.4. The Bertz CT molecular complexity index is 687. The third kappa shape index (κ3) is 2.81. The lowest BCUT2D eigenvalue weighted by Crippen LogP contribution is -2.48. The van der Waals surface area contributed by atoms with Crippen molar-refractivity contribution in [1.82, 2.24) is 15.3 Å². The van der Waals surface area contributed by atoms with Crippen LogP contribution in [0, 0.1) is 6.92 Å². The summed E-state index contributed by atoms with van der Waals surface area (Å²) in [7, 11) is 0. The average Bonchev–Trinajstić information content (AvgIpc) is 2.53. The molecule has 0 spiro atoms. The molecule has 6 heteroatoms. The Morgan fingerprint density at radius 3 is 3.09 bits per heavy atom. The first-order chi connectivity index (χ1) is 10.7. The number of aromatic nitrogens is 2. The molecule has 0 aliphatic carbocycles. The van der Waals surface area contributed by atoms with Crippen LogP contribution in [0.2, 0.25) is 0 Å². The number of anilines is 1. The van der Waals surface area contributed by atoms with Gasteiger partial charge >= 0.3 is 6.03 Å². The van der Waals surface area contributed by atoms with Crippen LogP contribution in [-0.2, 0) is 0 Å². The van der Waals surface area contributed by atoms with E-state index in [0.29, 0.717) is 6.54 Å². The molecule has 1 aliphatic rings. The van der Waals surface area contributed by atoms with E-state index in [-0.39, 0.29) is 6.04 Å². The number of carbonyl (C=O) groups is 1. The smallest absolute Gasteiger partial charge is 0.312 e. The number of piperidine rings is 1. The van der Waals surface area contributed by atoms with Crippen molar-refractivity contribution in [1.29, 1.82) is 0 Å². The van der Waals surface area contributed by atoms with E-state index in [1.807, 2.05) is 6.07 Å². The topological polar surface area (TPSA) is 84.1 Å². The fourth-order valence-electron chi connectivity index (χ4n) is 3.16. The summed E-state index contributed by atoms with van der Waals surface area (Å²) in [5.74, 6) is 0.949. The van der Waals surface area contributed by atoms with Crippen molar-refractivity contribution < 1.29 is 4.79 Å². The molecule has 3 rings (SSSR count). The van der Waals surface area contributed by atoms with Crippen LogP contribution in [0.4, 0.5) is 10.6 Å². The van der Waals surface area contributed by atoms with Crippen LogP contribution in [0.1, 0.15) is 24.8 Å². The third-order valence-corrected chi connectivity index (χ3v) is 4.26. The lowest BCUT2D eigenvalue weighted by Gasteiger charge is -2.37. The molecule has 22 heavy (non-hydrogen) atoms. The summed E-state index contributed by atoms with van der Waals surface area (Å²) in [4.78, 5) is 22.2. The van der Waals surface area contributed by atoms with E-state index in [2.05, 4.69) is 39.2 Å². The summed E-state index contributed by atoms with van der Waals surface area (Å²) in [6, 6.07) is 5.89. The zero-order chi connectivity index (χ0) is 15.5. The molecule has 1 aromatic heterocycles. The number of benzene rings is 1. The van der Waals surface area contributed by atoms with Gasteiger partial charge in [0, 0.05) is 24.5 Å². The predicted octanol–water partition coefficient (Wildman–Crippen LogP) is 1.97. The summed E-state index contributed by atoms with van der Waals surface area (Å²) >= 11 is 0. The number of carbonyl (C=O) groups excluding carboxylic acids is 1. The van der Waals surface area contributed by atoms with Crippen molar-refractivity contribution in [3.63, 3.8) is 0 Å². The molecule has 0 saturated carbocycles. The van der Waals surface area contributed by atoms with Crippen molar-refractivity contribution in [2.75, 3.05) is 18.0 Å². The number of rotatable bonds is 3. The Labute approximate surface area is 129 Å². The van der Waals surface area contributed by atoms with E-state index < -0.39 is 6.03 Å². The standard InChI is InChI=1S/C16H21N5O/c1-11-5-4-7-13-14(11)19-10-20-15(13)21-8-3-2-6-12(21)9-18-16(17)22/h4-5,7,10,12H,2-3,6,8-9H2,1H3,(H3,17,18,22)/t12-/m1/s1. The molecule has 2 amide bonds. The molecule has 1 saturated heterocycles. The molecule has 1 fully saturated rings. The summed E-state index contributed by atoms with van der Waals surface area (Å²) in [6.45, 7) is 3.54. The van der Waals surface area contributed by atoms with E-state index >= 15 is 0 Å². The Morgan fingerprint density at radius 2 is 2.27 bits per heavy atom. The number of nitrogens with zero attached hydrogens (tertiary/aromatic N) is 3. The number of para-hydroxylation sites is 1. The maximum Gasteiger partial charge on any atom is 0.312 e. The van der Waals surface area contributed by atoms with Crippen LogP contribution in [0.5, 0.6) is 0 Å². The van der Waals surface area contributed by atoms with Gasteiger partial charge in [-0.3, -0.25) is 0 Å². The number of hydrogen-bond donors (Lipinski definition) is 2. The minimum Gasteiger partial charge on any atom is -0.352 e. The second-order valence-corrected chi connectivity index (χ2v) is 5.76. The number of amides is 2. The number of aryl methyl sites for hydroxylation is 1. The number of nitrogens with one attached hydrogen (secondary N) is 1. The molecule has 2 aromatic rings. The van der Waals surface area contributed by atoms with Gasteiger partial charge in [0.25, 0.3) is 0 Å². The summed E-state index contributed by atoms with van der Waals surface area (Å²) < 4.78 is 0. The number of nitrogens with two attached hydrogens (primary N) is 1. The summed E-state index contributed by atoms with van der Waals surface area (Å²) in [5.41, 5.74) is 7.34. The molecule has 1 aliphatic heterocycles. The largest absolute Gasteiger partial charge is 0.352 e. The molecule has 0 bridgehead atoms. The first-order valence-electron chi connectivity index (χ1n) is 7.67. The van der Waals surface area contributed by atoms with Gasteiger partial charge in [0.05, 0.1) is 5.52 Å².